The van der Waals surface area contributed by atoms with Gasteiger partial charge in [-0.3, -0.25) is 0 Å². The lowest BCUT2D eigenvalue weighted by molar-refractivity contribution is -0.228. The summed E-state index contributed by atoms with van der Waals surface area (Å²) < 4.78 is 23.1. The van der Waals surface area contributed by atoms with Gasteiger partial charge in [-0.15, -0.1) is 0 Å². The smallest absolute Gasteiger partial charge is 0.187 e. The van der Waals surface area contributed by atoms with Crippen LogP contribution in [-0.4, -0.2) is 40.8 Å². The molecule has 0 amide bonds. The molecule has 2 aliphatic rings. The number of benzene rings is 1. The highest BCUT2D eigenvalue weighted by atomic mass is 35.5. The normalized spacial score (nSPS) is 33.9. The van der Waals surface area contributed by atoms with Crippen molar-refractivity contribution in [3.8, 4) is 0 Å². The third kappa shape index (κ3) is 3.11. The average molecular weight is 328 g/mol. The van der Waals surface area contributed by atoms with Crippen LogP contribution >= 0.6 is 11.6 Å². The summed E-state index contributed by atoms with van der Waals surface area (Å²) >= 11 is 5.90. The first kappa shape index (κ1) is 15.7. The lowest BCUT2D eigenvalue weighted by Crippen LogP contribution is -2.33. The van der Waals surface area contributed by atoms with Gasteiger partial charge in [0.25, 0.3) is 0 Å². The van der Waals surface area contributed by atoms with Crippen LogP contribution in [-0.2, 0) is 25.6 Å². The Balaban J connectivity index is 1.71. The molecule has 120 valence electrons. The predicted molar refractivity (Wildman–Crippen MR) is 78.8 cm³/mol. The van der Waals surface area contributed by atoms with Gasteiger partial charge in [0.05, 0.1) is 6.61 Å². The van der Waals surface area contributed by atoms with Crippen molar-refractivity contribution in [3.63, 3.8) is 0 Å². The summed E-state index contributed by atoms with van der Waals surface area (Å²) in [6.45, 7) is 3.99. The molecule has 2 heterocycles. The van der Waals surface area contributed by atoms with Crippen LogP contribution in [0, 0.1) is 0 Å². The van der Waals surface area contributed by atoms with E-state index in [2.05, 4.69) is 5.16 Å². The van der Waals surface area contributed by atoms with Crippen molar-refractivity contribution in [2.45, 2.75) is 50.8 Å². The van der Waals surface area contributed by atoms with Crippen molar-refractivity contribution in [2.75, 3.05) is 0 Å². The van der Waals surface area contributed by atoms with Gasteiger partial charge in [0.15, 0.2) is 17.2 Å². The van der Waals surface area contributed by atoms with Crippen molar-refractivity contribution in [2.24, 2.45) is 5.16 Å². The fraction of sp³-hybridized carbons (Fsp3) is 0.533. The summed E-state index contributed by atoms with van der Waals surface area (Å²) in [5, 5.41) is 11.8. The van der Waals surface area contributed by atoms with E-state index < -0.39 is 30.4 Å². The molecule has 0 aliphatic carbocycles. The molecule has 0 radical (unpaired) electrons. The van der Waals surface area contributed by atoms with Crippen LogP contribution in [0.4, 0.5) is 0 Å². The molecule has 0 spiro atoms. The summed E-state index contributed by atoms with van der Waals surface area (Å²) in [6.07, 6.45) is -2.26. The maximum Gasteiger partial charge on any atom is 0.187 e. The first-order chi connectivity index (χ1) is 10.5. The fourth-order valence-corrected chi connectivity index (χ4v) is 2.87. The number of rotatable bonds is 4. The summed E-state index contributed by atoms with van der Waals surface area (Å²) in [6, 6.07) is 9.74. The average Bonchev–Trinajstić information content (AvgIpc) is 2.99. The Morgan fingerprint density at radius 2 is 1.95 bits per heavy atom. The molecule has 2 fully saturated rings. The first-order valence-corrected chi connectivity index (χ1v) is 7.42. The molecule has 0 unspecified atom stereocenters. The predicted octanol–water partition coefficient (Wildman–Crippen LogP) is 2.47. The monoisotopic (exact) mass is 327 g/mol. The van der Waals surface area contributed by atoms with Crippen molar-refractivity contribution >= 4 is 16.8 Å². The lowest BCUT2D eigenvalue weighted by atomic mass is 10.1. The molecule has 1 aromatic carbocycles. The number of fused-ring (bicyclic) bond motifs is 1. The van der Waals surface area contributed by atoms with Crippen LogP contribution in [0.3, 0.4) is 0 Å². The van der Waals surface area contributed by atoms with E-state index >= 15 is 0 Å². The van der Waals surface area contributed by atoms with E-state index in [0.717, 1.165) is 5.56 Å². The van der Waals surface area contributed by atoms with Crippen LogP contribution in [0.15, 0.2) is 35.5 Å². The van der Waals surface area contributed by atoms with Gasteiger partial charge >= 0.3 is 0 Å². The van der Waals surface area contributed by atoms with Crippen molar-refractivity contribution in [1.82, 2.24) is 0 Å². The molecule has 2 aliphatic heterocycles. The van der Waals surface area contributed by atoms with Crippen molar-refractivity contribution < 1.29 is 24.2 Å². The Labute approximate surface area is 133 Å². The summed E-state index contributed by atoms with van der Waals surface area (Å²) in [5.74, 6) is -0.766. The summed E-state index contributed by atoms with van der Waals surface area (Å²) in [4.78, 5) is 0. The summed E-state index contributed by atoms with van der Waals surface area (Å²) in [5.41, 5.74) is 1.02. The second-order valence-electron chi connectivity index (χ2n) is 5.71. The minimum Gasteiger partial charge on any atom is -0.410 e. The molecule has 0 aromatic heterocycles. The van der Waals surface area contributed by atoms with Crippen LogP contribution in [0.25, 0.3) is 0 Å². The maximum atomic E-state index is 8.88. The van der Waals surface area contributed by atoms with E-state index in [9.17, 15) is 0 Å². The van der Waals surface area contributed by atoms with Crippen LogP contribution in [0.5, 0.6) is 0 Å². The van der Waals surface area contributed by atoms with E-state index in [-0.39, 0.29) is 5.17 Å². The third-order valence-electron chi connectivity index (χ3n) is 3.60. The molecule has 4 atom stereocenters. The Morgan fingerprint density at radius 1 is 1.27 bits per heavy atom. The van der Waals surface area contributed by atoms with Gasteiger partial charge in [0.2, 0.25) is 0 Å². The Kier molecular flexibility index (Phi) is 4.38. The molecule has 0 saturated carbocycles. The number of hydrogen-bond donors (Lipinski definition) is 1. The van der Waals surface area contributed by atoms with E-state index in [0.29, 0.717) is 6.61 Å². The van der Waals surface area contributed by atoms with Crippen LogP contribution < -0.4 is 0 Å². The van der Waals surface area contributed by atoms with Gasteiger partial charge in [0.1, 0.15) is 18.3 Å². The molecule has 2 saturated heterocycles. The van der Waals surface area contributed by atoms with Gasteiger partial charge in [-0.2, -0.15) is 0 Å². The van der Waals surface area contributed by atoms with E-state index in [1.165, 1.54) is 0 Å². The Morgan fingerprint density at radius 3 is 2.64 bits per heavy atom. The zero-order valence-electron chi connectivity index (χ0n) is 12.3. The molecule has 22 heavy (non-hydrogen) atoms. The van der Waals surface area contributed by atoms with Crippen LogP contribution in [0.1, 0.15) is 19.4 Å². The van der Waals surface area contributed by atoms with Gasteiger partial charge < -0.3 is 24.2 Å². The Bertz CT molecular complexity index is 550. The topological polar surface area (TPSA) is 69.5 Å². The third-order valence-corrected chi connectivity index (χ3v) is 3.89. The standard InChI is InChI=1S/C15H18ClNO5/c1-15(2)21-10-11(13(16)17-18)20-14(12(10)22-15)19-8-9-6-4-3-5-7-9/h3-7,10-12,14,18H,8H2,1-2H3/b17-13-/t10-,11+,12-,14-/m1/s1. The highest BCUT2D eigenvalue weighted by Gasteiger charge is 2.57. The Hall–Kier alpha value is -1.18. The molecule has 1 aromatic rings. The number of halogens is 1. The number of hydrogen-bond acceptors (Lipinski definition) is 6. The quantitative estimate of drug-likeness (QED) is 0.522. The highest BCUT2D eigenvalue weighted by Crippen LogP contribution is 2.40. The van der Waals surface area contributed by atoms with Gasteiger partial charge in [-0.1, -0.05) is 47.1 Å². The van der Waals surface area contributed by atoms with Crippen molar-refractivity contribution in [1.29, 1.82) is 0 Å². The van der Waals surface area contributed by atoms with Crippen LogP contribution in [0.2, 0.25) is 0 Å². The zero-order valence-corrected chi connectivity index (χ0v) is 13.1. The number of oxime groups is 1. The molecular weight excluding hydrogens is 310 g/mol. The molecule has 6 nitrogen and oxygen atoms in total. The van der Waals surface area contributed by atoms with E-state index in [4.69, 9.17) is 35.8 Å². The number of ether oxygens (including phenoxy) is 4. The van der Waals surface area contributed by atoms with Gasteiger partial charge in [-0.25, -0.2) is 0 Å². The molecule has 0 bridgehead atoms. The maximum absolute atomic E-state index is 8.88. The zero-order chi connectivity index (χ0) is 15.7. The minimum absolute atomic E-state index is 0.0814. The second-order valence-corrected chi connectivity index (χ2v) is 6.10. The minimum atomic E-state index is -0.766. The molecule has 3 rings (SSSR count). The van der Waals surface area contributed by atoms with Gasteiger partial charge in [-0.05, 0) is 19.4 Å². The summed E-state index contributed by atoms with van der Waals surface area (Å²) in [7, 11) is 0. The molecule has 1 N–H and O–H groups in total. The SMILES string of the molecule is CC1(C)O[C@H]2[C@H](OCc3ccccc3)O[C@H](/C(Cl)=N/O)[C@H]2O1. The largest absolute Gasteiger partial charge is 0.410 e. The fourth-order valence-electron chi connectivity index (χ4n) is 2.70. The highest BCUT2D eigenvalue weighted by molar-refractivity contribution is 6.66. The first-order valence-electron chi connectivity index (χ1n) is 7.04. The molecular formula is C15H18ClNO5. The van der Waals surface area contributed by atoms with E-state index in [1.807, 2.05) is 30.3 Å². The van der Waals surface area contributed by atoms with Gasteiger partial charge in [0, 0.05) is 0 Å². The number of nitrogens with zero attached hydrogens (tertiary/aromatic N) is 1. The van der Waals surface area contributed by atoms with Crippen molar-refractivity contribution in [3.05, 3.63) is 35.9 Å². The molecule has 7 heteroatoms. The lowest BCUT2D eigenvalue weighted by Gasteiger charge is -2.23. The van der Waals surface area contributed by atoms with E-state index in [1.54, 1.807) is 13.8 Å². The second kappa shape index (κ2) is 6.14.